The molecule has 0 spiro atoms. The molecule has 1 amide bonds. The first-order chi connectivity index (χ1) is 9.27. The molecule has 20 heavy (non-hydrogen) atoms. The van der Waals surface area contributed by atoms with Crippen molar-refractivity contribution in [3.8, 4) is 0 Å². The lowest BCUT2D eigenvalue weighted by Gasteiger charge is -2.22. The first-order valence-corrected chi connectivity index (χ1v) is 6.91. The number of carbonyl (C=O) groups excluding carboxylic acids is 3. The number of likely N-dealkylation sites (N-methyl/N-ethyl adjacent to an activating group) is 1. The molecule has 1 N–H and O–H groups in total. The van der Waals surface area contributed by atoms with Gasteiger partial charge in [0.1, 0.15) is 0 Å². The van der Waals surface area contributed by atoms with Crippen LogP contribution in [0.1, 0.15) is 34.1 Å². The number of rotatable bonds is 9. The largest absolute Gasteiger partial charge is 0.466 e. The summed E-state index contributed by atoms with van der Waals surface area (Å²) in [7, 11) is 1.75. The monoisotopic (exact) mass is 286 g/mol. The van der Waals surface area contributed by atoms with Crippen molar-refractivity contribution < 1.29 is 19.1 Å². The summed E-state index contributed by atoms with van der Waals surface area (Å²) in [6.45, 7) is 7.94. The summed E-state index contributed by atoms with van der Waals surface area (Å²) in [6, 6.07) is -0.457. The SMILES string of the molecule is CCOC(=O)CCN(C)CC(=O)NC(C(C)=O)C(C)C. The third-order valence-electron chi connectivity index (χ3n) is 2.84. The van der Waals surface area contributed by atoms with E-state index in [4.69, 9.17) is 4.74 Å². The molecule has 0 fully saturated rings. The lowest BCUT2D eigenvalue weighted by molar-refractivity contribution is -0.143. The molecule has 0 aliphatic rings. The van der Waals surface area contributed by atoms with E-state index >= 15 is 0 Å². The summed E-state index contributed by atoms with van der Waals surface area (Å²) >= 11 is 0. The first kappa shape index (κ1) is 18.6. The van der Waals surface area contributed by atoms with Crippen LogP contribution < -0.4 is 5.32 Å². The van der Waals surface area contributed by atoms with Crippen LogP contribution in [0, 0.1) is 5.92 Å². The molecule has 0 aromatic heterocycles. The van der Waals surface area contributed by atoms with Gasteiger partial charge in [0.05, 0.1) is 25.6 Å². The molecule has 0 bridgehead atoms. The van der Waals surface area contributed by atoms with Crippen molar-refractivity contribution in [3.63, 3.8) is 0 Å². The topological polar surface area (TPSA) is 75.7 Å². The molecule has 0 saturated carbocycles. The van der Waals surface area contributed by atoms with Gasteiger partial charge in [-0.3, -0.25) is 19.3 Å². The van der Waals surface area contributed by atoms with Crippen molar-refractivity contribution in [3.05, 3.63) is 0 Å². The summed E-state index contributed by atoms with van der Waals surface area (Å²) < 4.78 is 4.81. The minimum absolute atomic E-state index is 0.0532. The normalized spacial score (nSPS) is 12.3. The Morgan fingerprint density at radius 2 is 1.85 bits per heavy atom. The van der Waals surface area contributed by atoms with Gasteiger partial charge in [0.15, 0.2) is 5.78 Å². The van der Waals surface area contributed by atoms with Crippen molar-refractivity contribution in [2.24, 2.45) is 5.92 Å². The number of ether oxygens (including phenoxy) is 1. The summed E-state index contributed by atoms with van der Waals surface area (Å²) in [6.07, 6.45) is 0.248. The van der Waals surface area contributed by atoms with Gasteiger partial charge < -0.3 is 10.1 Å². The molecular formula is C14H26N2O4. The highest BCUT2D eigenvalue weighted by Gasteiger charge is 2.21. The average Bonchev–Trinajstić information content (AvgIpc) is 2.33. The number of amides is 1. The maximum absolute atomic E-state index is 11.8. The van der Waals surface area contributed by atoms with Gasteiger partial charge in [0.25, 0.3) is 0 Å². The van der Waals surface area contributed by atoms with Crippen molar-refractivity contribution in [1.82, 2.24) is 10.2 Å². The number of carbonyl (C=O) groups is 3. The van der Waals surface area contributed by atoms with Gasteiger partial charge in [-0.25, -0.2) is 0 Å². The average molecular weight is 286 g/mol. The fourth-order valence-electron chi connectivity index (χ4n) is 1.80. The quantitative estimate of drug-likeness (QED) is 0.628. The molecule has 0 aromatic rings. The molecule has 6 nitrogen and oxygen atoms in total. The molecule has 0 heterocycles. The number of ketones is 1. The molecule has 0 rings (SSSR count). The third-order valence-corrected chi connectivity index (χ3v) is 2.84. The second-order valence-corrected chi connectivity index (χ2v) is 5.19. The van der Waals surface area contributed by atoms with Crippen LogP contribution in [0.2, 0.25) is 0 Å². The molecule has 1 atom stereocenters. The maximum atomic E-state index is 11.8. The summed E-state index contributed by atoms with van der Waals surface area (Å²) in [5.74, 6) is -0.488. The Balaban J connectivity index is 4.12. The van der Waals surface area contributed by atoms with E-state index in [2.05, 4.69) is 5.32 Å². The van der Waals surface area contributed by atoms with Crippen LogP contribution >= 0.6 is 0 Å². The van der Waals surface area contributed by atoms with E-state index in [0.717, 1.165) is 0 Å². The fourth-order valence-corrected chi connectivity index (χ4v) is 1.80. The second-order valence-electron chi connectivity index (χ2n) is 5.19. The van der Waals surface area contributed by atoms with E-state index in [-0.39, 0.29) is 36.5 Å². The van der Waals surface area contributed by atoms with Crippen LogP contribution in [0.3, 0.4) is 0 Å². The van der Waals surface area contributed by atoms with Gasteiger partial charge in [-0.05, 0) is 26.8 Å². The molecule has 0 aliphatic heterocycles. The molecule has 0 aliphatic carbocycles. The minimum atomic E-state index is -0.457. The van der Waals surface area contributed by atoms with Crippen LogP contribution in [0.4, 0.5) is 0 Å². The Kier molecular flexibility index (Phi) is 8.79. The zero-order chi connectivity index (χ0) is 15.7. The number of hydrogen-bond acceptors (Lipinski definition) is 5. The highest BCUT2D eigenvalue weighted by molar-refractivity contribution is 5.88. The number of esters is 1. The van der Waals surface area contributed by atoms with Crippen molar-refractivity contribution in [2.45, 2.75) is 40.2 Å². The Morgan fingerprint density at radius 3 is 2.30 bits per heavy atom. The van der Waals surface area contributed by atoms with Crippen LogP contribution in [0.25, 0.3) is 0 Å². The first-order valence-electron chi connectivity index (χ1n) is 6.91. The number of nitrogens with zero attached hydrogens (tertiary/aromatic N) is 1. The smallest absolute Gasteiger partial charge is 0.307 e. The Hall–Kier alpha value is -1.43. The third kappa shape index (κ3) is 7.89. The molecule has 116 valence electrons. The van der Waals surface area contributed by atoms with E-state index in [0.29, 0.717) is 13.2 Å². The van der Waals surface area contributed by atoms with Gasteiger partial charge in [0, 0.05) is 6.54 Å². The van der Waals surface area contributed by atoms with Crippen LogP contribution in [-0.2, 0) is 19.1 Å². The van der Waals surface area contributed by atoms with Crippen LogP contribution in [-0.4, -0.2) is 55.3 Å². The molecule has 6 heteroatoms. The van der Waals surface area contributed by atoms with E-state index < -0.39 is 6.04 Å². The van der Waals surface area contributed by atoms with E-state index in [1.54, 1.807) is 18.9 Å². The highest BCUT2D eigenvalue weighted by Crippen LogP contribution is 2.02. The van der Waals surface area contributed by atoms with Crippen LogP contribution in [0.5, 0.6) is 0 Å². The van der Waals surface area contributed by atoms with Crippen molar-refractivity contribution >= 4 is 17.7 Å². The Morgan fingerprint density at radius 1 is 1.25 bits per heavy atom. The van der Waals surface area contributed by atoms with Gasteiger partial charge in [-0.1, -0.05) is 13.8 Å². The molecule has 1 unspecified atom stereocenters. The van der Waals surface area contributed by atoms with E-state index in [9.17, 15) is 14.4 Å². The van der Waals surface area contributed by atoms with Crippen molar-refractivity contribution in [2.75, 3.05) is 26.7 Å². The van der Waals surface area contributed by atoms with E-state index in [1.807, 2.05) is 13.8 Å². The molecule has 0 aromatic carbocycles. The molecule has 0 radical (unpaired) electrons. The Labute approximate surface area is 120 Å². The summed E-state index contributed by atoms with van der Waals surface area (Å²) in [4.78, 5) is 36.1. The second kappa shape index (κ2) is 9.47. The van der Waals surface area contributed by atoms with Gasteiger partial charge in [-0.2, -0.15) is 0 Å². The standard InChI is InChI=1S/C14H26N2O4/c1-6-20-13(19)7-8-16(5)9-12(18)15-14(10(2)3)11(4)17/h10,14H,6-9H2,1-5H3,(H,15,18). The summed E-state index contributed by atoms with van der Waals surface area (Å²) in [5.41, 5.74) is 0. The number of Topliss-reactive ketones (excluding diaryl/α,β-unsaturated/α-hetero) is 1. The predicted molar refractivity (Wildman–Crippen MR) is 76.2 cm³/mol. The maximum Gasteiger partial charge on any atom is 0.307 e. The zero-order valence-electron chi connectivity index (χ0n) is 13.1. The predicted octanol–water partition coefficient (Wildman–Crippen LogP) is 0.601. The number of nitrogens with one attached hydrogen (secondary N) is 1. The van der Waals surface area contributed by atoms with Gasteiger partial charge in [0.2, 0.25) is 5.91 Å². The number of hydrogen-bond donors (Lipinski definition) is 1. The highest BCUT2D eigenvalue weighted by atomic mass is 16.5. The van der Waals surface area contributed by atoms with Gasteiger partial charge >= 0.3 is 5.97 Å². The van der Waals surface area contributed by atoms with Crippen molar-refractivity contribution in [1.29, 1.82) is 0 Å². The minimum Gasteiger partial charge on any atom is -0.466 e. The Bertz CT molecular complexity index is 342. The zero-order valence-corrected chi connectivity index (χ0v) is 13.1. The lowest BCUT2D eigenvalue weighted by atomic mass is 10.0. The van der Waals surface area contributed by atoms with Crippen LogP contribution in [0.15, 0.2) is 0 Å². The fraction of sp³-hybridized carbons (Fsp3) is 0.786. The summed E-state index contributed by atoms with van der Waals surface area (Å²) in [5, 5.41) is 2.71. The van der Waals surface area contributed by atoms with Gasteiger partial charge in [-0.15, -0.1) is 0 Å². The van der Waals surface area contributed by atoms with E-state index in [1.165, 1.54) is 6.92 Å². The molecule has 0 saturated heterocycles. The lowest BCUT2D eigenvalue weighted by Crippen LogP contribution is -2.47. The molecular weight excluding hydrogens is 260 g/mol.